The topological polar surface area (TPSA) is 54.7 Å². The van der Waals surface area contributed by atoms with Gasteiger partial charge >= 0.3 is 0 Å². The van der Waals surface area contributed by atoms with Gasteiger partial charge in [0.15, 0.2) is 11.6 Å². The smallest absolute Gasteiger partial charge is 0.160 e. The lowest BCUT2D eigenvalue weighted by Crippen LogP contribution is -1.95. The summed E-state index contributed by atoms with van der Waals surface area (Å²) in [6.45, 7) is 1.92. The van der Waals surface area contributed by atoms with Crippen LogP contribution < -0.4 is 5.73 Å². The normalized spacial score (nSPS) is 11.2. The van der Waals surface area contributed by atoms with E-state index in [0.717, 1.165) is 33.2 Å². The molecule has 3 N–H and O–H groups in total. The summed E-state index contributed by atoms with van der Waals surface area (Å²) in [7, 11) is 0. The molecule has 0 fully saturated rings. The highest BCUT2D eigenvalue weighted by Crippen LogP contribution is 2.30. The number of benzene rings is 2. The van der Waals surface area contributed by atoms with Crippen LogP contribution in [0.4, 0.5) is 14.5 Å². The lowest BCUT2D eigenvalue weighted by molar-refractivity contribution is 0.509. The number of anilines is 1. The maximum Gasteiger partial charge on any atom is 0.160 e. The summed E-state index contributed by atoms with van der Waals surface area (Å²) in [4.78, 5) is 7.48. The molecule has 0 radical (unpaired) electrons. The minimum Gasteiger partial charge on any atom is -0.398 e. The second-order valence-electron chi connectivity index (χ2n) is 4.56. The molecule has 2 aromatic carbocycles. The number of hydrogen-bond acceptors (Lipinski definition) is 2. The van der Waals surface area contributed by atoms with Gasteiger partial charge in [-0.25, -0.2) is 13.8 Å². The number of nitrogens with zero attached hydrogens (tertiary/aromatic N) is 1. The Kier molecular flexibility index (Phi) is 2.97. The Morgan fingerprint density at radius 3 is 2.60 bits per heavy atom. The molecule has 102 valence electrons. The van der Waals surface area contributed by atoms with Crippen molar-refractivity contribution in [3.63, 3.8) is 0 Å². The second kappa shape index (κ2) is 4.56. The van der Waals surface area contributed by atoms with E-state index in [1.807, 2.05) is 19.1 Å². The van der Waals surface area contributed by atoms with Crippen LogP contribution >= 0.6 is 15.9 Å². The van der Waals surface area contributed by atoms with E-state index in [1.165, 1.54) is 0 Å². The van der Waals surface area contributed by atoms with Crippen molar-refractivity contribution in [1.82, 2.24) is 9.97 Å². The van der Waals surface area contributed by atoms with Crippen molar-refractivity contribution in [2.24, 2.45) is 0 Å². The minimum atomic E-state index is -0.971. The van der Waals surface area contributed by atoms with E-state index in [-0.39, 0.29) is 5.69 Å². The third kappa shape index (κ3) is 2.06. The van der Waals surface area contributed by atoms with Gasteiger partial charge in [-0.05, 0) is 30.7 Å². The van der Waals surface area contributed by atoms with Crippen LogP contribution in [0.3, 0.4) is 0 Å². The predicted molar refractivity (Wildman–Crippen MR) is 78.3 cm³/mol. The van der Waals surface area contributed by atoms with Crippen molar-refractivity contribution in [3.05, 3.63) is 45.9 Å². The Morgan fingerprint density at radius 2 is 1.85 bits per heavy atom. The van der Waals surface area contributed by atoms with E-state index in [4.69, 9.17) is 5.73 Å². The van der Waals surface area contributed by atoms with Crippen LogP contribution in [0.2, 0.25) is 0 Å². The maximum absolute atomic E-state index is 13.4. The molecule has 0 aliphatic heterocycles. The van der Waals surface area contributed by atoms with Crippen LogP contribution in [0.15, 0.2) is 28.7 Å². The van der Waals surface area contributed by atoms with Gasteiger partial charge in [0.2, 0.25) is 0 Å². The van der Waals surface area contributed by atoms with Crippen LogP contribution in [-0.4, -0.2) is 9.97 Å². The molecule has 1 aromatic heterocycles. The largest absolute Gasteiger partial charge is 0.398 e. The quantitative estimate of drug-likeness (QED) is 0.655. The maximum atomic E-state index is 13.4. The van der Waals surface area contributed by atoms with Gasteiger partial charge in [0.05, 0.1) is 11.0 Å². The summed E-state index contributed by atoms with van der Waals surface area (Å²) in [6, 6.07) is 5.81. The fourth-order valence-corrected chi connectivity index (χ4v) is 2.71. The van der Waals surface area contributed by atoms with Crippen molar-refractivity contribution in [3.8, 4) is 11.4 Å². The molecule has 0 saturated heterocycles. The molecule has 3 aromatic rings. The van der Waals surface area contributed by atoms with Crippen molar-refractivity contribution in [2.75, 3.05) is 5.73 Å². The first-order valence-corrected chi connectivity index (χ1v) is 6.66. The van der Waals surface area contributed by atoms with Crippen molar-refractivity contribution >= 4 is 32.7 Å². The van der Waals surface area contributed by atoms with Crippen LogP contribution in [0.25, 0.3) is 22.4 Å². The van der Waals surface area contributed by atoms with E-state index in [2.05, 4.69) is 25.9 Å². The average molecular weight is 338 g/mol. The first-order chi connectivity index (χ1) is 9.45. The second-order valence-corrected chi connectivity index (χ2v) is 5.47. The highest BCUT2D eigenvalue weighted by atomic mass is 79.9. The number of nitrogen functional groups attached to an aromatic ring is 1. The molecule has 0 amide bonds. The number of aromatic amines is 1. The minimum absolute atomic E-state index is 0.139. The number of aromatic nitrogens is 2. The molecular formula is C14H10BrF2N3. The van der Waals surface area contributed by atoms with Crippen molar-refractivity contribution < 1.29 is 8.78 Å². The zero-order chi connectivity index (χ0) is 14.4. The predicted octanol–water partition coefficient (Wildman–Crippen LogP) is 4.16. The molecule has 0 aliphatic carbocycles. The number of rotatable bonds is 1. The third-order valence-corrected chi connectivity index (χ3v) is 3.55. The Morgan fingerprint density at radius 1 is 1.15 bits per heavy atom. The number of H-pyrrole nitrogens is 1. The fourth-order valence-electron chi connectivity index (χ4n) is 2.14. The third-order valence-electron chi connectivity index (χ3n) is 3.09. The van der Waals surface area contributed by atoms with E-state index in [0.29, 0.717) is 11.4 Å². The lowest BCUT2D eigenvalue weighted by Gasteiger charge is -2.03. The first kappa shape index (κ1) is 13.1. The number of fused-ring (bicyclic) bond motifs is 1. The molecule has 20 heavy (non-hydrogen) atoms. The van der Waals surface area contributed by atoms with Crippen LogP contribution in [0.1, 0.15) is 5.56 Å². The van der Waals surface area contributed by atoms with Gasteiger partial charge in [0.1, 0.15) is 5.82 Å². The summed E-state index contributed by atoms with van der Waals surface area (Å²) < 4.78 is 27.4. The number of halogens is 3. The number of imidazole rings is 1. The SMILES string of the molecule is Cc1cc(Br)cc2[nH]c(-c3cc(F)c(F)cc3N)nc12. The van der Waals surface area contributed by atoms with E-state index in [1.54, 1.807) is 0 Å². The Bertz CT molecular complexity index is 827. The van der Waals surface area contributed by atoms with Crippen molar-refractivity contribution in [1.29, 1.82) is 0 Å². The number of nitrogens with one attached hydrogen (secondary N) is 1. The highest BCUT2D eigenvalue weighted by molar-refractivity contribution is 9.10. The summed E-state index contributed by atoms with van der Waals surface area (Å²) >= 11 is 3.40. The summed E-state index contributed by atoms with van der Waals surface area (Å²) in [5.74, 6) is -1.51. The molecule has 0 spiro atoms. The average Bonchev–Trinajstić information content (AvgIpc) is 2.77. The van der Waals surface area contributed by atoms with Gasteiger partial charge in [0, 0.05) is 21.8 Å². The van der Waals surface area contributed by atoms with Gasteiger partial charge in [-0.2, -0.15) is 0 Å². The molecule has 1 heterocycles. The van der Waals surface area contributed by atoms with Gasteiger partial charge in [-0.15, -0.1) is 0 Å². The van der Waals surface area contributed by atoms with E-state index in [9.17, 15) is 8.78 Å². The van der Waals surface area contributed by atoms with Gasteiger partial charge < -0.3 is 10.7 Å². The fraction of sp³-hybridized carbons (Fsp3) is 0.0714. The van der Waals surface area contributed by atoms with Gasteiger partial charge in [-0.1, -0.05) is 15.9 Å². The molecule has 3 rings (SSSR count). The molecule has 0 bridgehead atoms. The molecule has 6 heteroatoms. The van der Waals surface area contributed by atoms with Crippen molar-refractivity contribution in [2.45, 2.75) is 6.92 Å². The van der Waals surface area contributed by atoms with E-state index < -0.39 is 11.6 Å². The summed E-state index contributed by atoms with van der Waals surface area (Å²) in [5, 5.41) is 0. The van der Waals surface area contributed by atoms with Crippen LogP contribution in [0.5, 0.6) is 0 Å². The molecule has 0 unspecified atom stereocenters. The number of aryl methyl sites for hydroxylation is 1. The first-order valence-electron chi connectivity index (χ1n) is 5.86. The van der Waals surface area contributed by atoms with E-state index >= 15 is 0 Å². The molecule has 3 nitrogen and oxygen atoms in total. The summed E-state index contributed by atoms with van der Waals surface area (Å²) in [6.07, 6.45) is 0. The highest BCUT2D eigenvalue weighted by Gasteiger charge is 2.14. The van der Waals surface area contributed by atoms with Gasteiger partial charge in [-0.3, -0.25) is 0 Å². The molecule has 0 aliphatic rings. The zero-order valence-corrected chi connectivity index (χ0v) is 12.1. The van der Waals surface area contributed by atoms with Crippen LogP contribution in [0, 0.1) is 18.6 Å². The lowest BCUT2D eigenvalue weighted by atomic mass is 10.1. The zero-order valence-electron chi connectivity index (χ0n) is 10.5. The van der Waals surface area contributed by atoms with Crippen LogP contribution in [-0.2, 0) is 0 Å². The van der Waals surface area contributed by atoms with Gasteiger partial charge in [0.25, 0.3) is 0 Å². The Hall–Kier alpha value is -1.95. The number of hydrogen-bond donors (Lipinski definition) is 2. The Balaban J connectivity index is 2.25. The number of nitrogens with two attached hydrogens (primary N) is 1. The summed E-state index contributed by atoms with van der Waals surface area (Å²) in [5.41, 5.74) is 8.76. The monoisotopic (exact) mass is 337 g/mol. The standard InChI is InChI=1S/C14H10BrF2N3/c1-6-2-7(15)3-12-13(6)20-14(19-12)8-4-9(16)10(17)5-11(8)18/h2-5H,18H2,1H3,(H,19,20). The molecular weight excluding hydrogens is 328 g/mol. The Labute approximate surface area is 122 Å². The molecule has 0 atom stereocenters. The molecule has 0 saturated carbocycles.